The van der Waals surface area contributed by atoms with Gasteiger partial charge in [0.2, 0.25) is 5.91 Å². The number of nitrogens with zero attached hydrogens (tertiary/aromatic N) is 1. The first-order chi connectivity index (χ1) is 12.8. The number of amides is 1. The molecular formula is C18H17NO7S. The lowest BCUT2D eigenvalue weighted by Crippen LogP contribution is -2.61. The lowest BCUT2D eigenvalue weighted by Gasteiger charge is -2.44. The van der Waals surface area contributed by atoms with E-state index in [0.717, 1.165) is 6.07 Å². The summed E-state index contributed by atoms with van der Waals surface area (Å²) in [5, 5.41) is 20.0. The Morgan fingerprint density at radius 1 is 1.33 bits per heavy atom. The second-order valence-corrected chi connectivity index (χ2v) is 6.96. The molecule has 0 radical (unpaired) electrons. The van der Waals surface area contributed by atoms with Crippen LogP contribution in [0.4, 0.5) is 0 Å². The van der Waals surface area contributed by atoms with Crippen molar-refractivity contribution in [2.45, 2.75) is 18.4 Å². The van der Waals surface area contributed by atoms with Crippen LogP contribution in [-0.2, 0) is 19.1 Å². The van der Waals surface area contributed by atoms with Crippen molar-refractivity contribution in [2.75, 3.05) is 6.61 Å². The molecule has 142 valence electrons. The fourth-order valence-corrected chi connectivity index (χ4v) is 4.15. The zero-order chi connectivity index (χ0) is 19.7. The summed E-state index contributed by atoms with van der Waals surface area (Å²) in [7, 11) is 0. The molecule has 2 aliphatic heterocycles. The molecule has 0 aliphatic carbocycles. The minimum Gasteiger partial charge on any atom is -0.504 e. The quantitative estimate of drug-likeness (QED) is 0.326. The predicted molar refractivity (Wildman–Crippen MR) is 95.6 cm³/mol. The first kappa shape index (κ1) is 18.8. The van der Waals surface area contributed by atoms with Gasteiger partial charge in [0.15, 0.2) is 11.5 Å². The van der Waals surface area contributed by atoms with Crippen molar-refractivity contribution >= 4 is 29.6 Å². The summed E-state index contributed by atoms with van der Waals surface area (Å²) >= 11 is 1.28. The minimum atomic E-state index is -0.744. The molecule has 9 heteroatoms. The molecule has 0 spiro atoms. The maximum atomic E-state index is 12.5. The van der Waals surface area contributed by atoms with Crippen LogP contribution < -0.4 is 0 Å². The topological polar surface area (TPSA) is 113 Å². The second-order valence-electron chi connectivity index (χ2n) is 5.96. The third-order valence-electron chi connectivity index (χ3n) is 4.21. The van der Waals surface area contributed by atoms with Crippen molar-refractivity contribution < 1.29 is 34.1 Å². The normalized spacial score (nSPS) is 21.6. The third kappa shape index (κ3) is 3.37. The number of β-lactam (4-membered cyclic amide) rings is 1. The fraction of sp³-hybridized carbons (Fsp3) is 0.278. The number of hydrogen-bond donors (Lipinski definition) is 2. The van der Waals surface area contributed by atoms with E-state index in [1.807, 2.05) is 0 Å². The fourth-order valence-electron chi connectivity index (χ4n) is 2.83. The molecule has 1 aromatic carbocycles. The molecule has 8 nitrogen and oxygen atoms in total. The van der Waals surface area contributed by atoms with E-state index in [1.165, 1.54) is 34.9 Å². The van der Waals surface area contributed by atoms with E-state index in [0.29, 0.717) is 0 Å². The summed E-state index contributed by atoms with van der Waals surface area (Å²) in [6.07, 6.45) is 0.688. The molecule has 2 N–H and O–H groups in total. The Morgan fingerprint density at radius 3 is 2.74 bits per heavy atom. The summed E-state index contributed by atoms with van der Waals surface area (Å²) in [6, 6.07) is 3.56. The van der Waals surface area contributed by atoms with Crippen LogP contribution >= 0.6 is 11.8 Å². The summed E-state index contributed by atoms with van der Waals surface area (Å²) < 4.78 is 10.3. The number of aromatic hydroxyl groups is 2. The lowest BCUT2D eigenvalue weighted by molar-refractivity contribution is -0.158. The van der Waals surface area contributed by atoms with E-state index in [9.17, 15) is 24.6 Å². The largest absolute Gasteiger partial charge is 0.504 e. The molecule has 2 aliphatic rings. The molecule has 1 aromatic rings. The molecular weight excluding hydrogens is 374 g/mol. The average Bonchev–Trinajstić information content (AvgIpc) is 3.01. The highest BCUT2D eigenvalue weighted by molar-refractivity contribution is 8.03. The second kappa shape index (κ2) is 7.36. The van der Waals surface area contributed by atoms with Gasteiger partial charge in [0.05, 0.1) is 5.56 Å². The SMILES string of the molecule is C=CCOC(=O)C1=CS[C@H]2[C@@H](C(C)OC(=O)c3ccc(O)c(O)c3)C(=O)N12. The summed E-state index contributed by atoms with van der Waals surface area (Å²) in [5.74, 6) is -3.08. The van der Waals surface area contributed by atoms with Gasteiger partial charge in [0.1, 0.15) is 29.7 Å². The molecule has 1 amide bonds. The smallest absolute Gasteiger partial charge is 0.355 e. The van der Waals surface area contributed by atoms with Crippen LogP contribution in [0.2, 0.25) is 0 Å². The number of rotatable bonds is 6. The highest BCUT2D eigenvalue weighted by Crippen LogP contribution is 2.47. The van der Waals surface area contributed by atoms with Crippen LogP contribution in [0, 0.1) is 5.92 Å². The number of ether oxygens (including phenoxy) is 2. The first-order valence-electron chi connectivity index (χ1n) is 8.04. The van der Waals surface area contributed by atoms with Gasteiger partial charge in [-0.2, -0.15) is 0 Å². The van der Waals surface area contributed by atoms with E-state index in [1.54, 1.807) is 12.3 Å². The van der Waals surface area contributed by atoms with Crippen molar-refractivity contribution in [2.24, 2.45) is 5.92 Å². The van der Waals surface area contributed by atoms with Crippen LogP contribution in [0.5, 0.6) is 11.5 Å². The van der Waals surface area contributed by atoms with Gasteiger partial charge in [0.25, 0.3) is 0 Å². The molecule has 1 fully saturated rings. The molecule has 0 bridgehead atoms. The number of esters is 2. The number of carbonyl (C=O) groups is 3. The summed E-state index contributed by atoms with van der Waals surface area (Å²) in [4.78, 5) is 38.0. The number of carbonyl (C=O) groups excluding carboxylic acids is 3. The van der Waals surface area contributed by atoms with Gasteiger partial charge in [-0.15, -0.1) is 11.8 Å². The summed E-state index contributed by atoms with van der Waals surface area (Å²) in [6.45, 7) is 5.10. The number of fused-ring (bicyclic) bond motifs is 1. The van der Waals surface area contributed by atoms with Gasteiger partial charge < -0.3 is 19.7 Å². The molecule has 0 saturated carbocycles. The maximum absolute atomic E-state index is 12.5. The Labute approximate surface area is 159 Å². The molecule has 1 saturated heterocycles. The van der Waals surface area contributed by atoms with Crippen molar-refractivity contribution in [3.63, 3.8) is 0 Å². The predicted octanol–water partition coefficient (Wildman–Crippen LogP) is 1.74. The van der Waals surface area contributed by atoms with E-state index >= 15 is 0 Å². The zero-order valence-corrected chi connectivity index (χ0v) is 15.1. The van der Waals surface area contributed by atoms with E-state index in [4.69, 9.17) is 9.47 Å². The van der Waals surface area contributed by atoms with Gasteiger partial charge >= 0.3 is 11.9 Å². The lowest BCUT2D eigenvalue weighted by atomic mass is 9.92. The van der Waals surface area contributed by atoms with Crippen LogP contribution in [-0.4, -0.2) is 51.0 Å². The van der Waals surface area contributed by atoms with E-state index in [2.05, 4.69) is 6.58 Å². The maximum Gasteiger partial charge on any atom is 0.355 e. The van der Waals surface area contributed by atoms with Crippen LogP contribution in [0.15, 0.2) is 42.0 Å². The number of thioether (sulfide) groups is 1. The highest BCUT2D eigenvalue weighted by Gasteiger charge is 2.56. The monoisotopic (exact) mass is 391 g/mol. The Balaban J connectivity index is 1.63. The van der Waals surface area contributed by atoms with E-state index < -0.39 is 29.7 Å². The van der Waals surface area contributed by atoms with Gasteiger partial charge in [-0.05, 0) is 25.1 Å². The van der Waals surface area contributed by atoms with Crippen LogP contribution in [0.1, 0.15) is 17.3 Å². The van der Waals surface area contributed by atoms with Crippen LogP contribution in [0.25, 0.3) is 0 Å². The molecule has 0 aromatic heterocycles. The number of phenols is 2. The number of hydrogen-bond acceptors (Lipinski definition) is 8. The standard InChI is InChI=1S/C18H17NO7S/c1-3-6-25-18(24)11-8-27-16-14(15(22)19(11)16)9(2)26-17(23)10-4-5-12(20)13(21)7-10/h3-5,7-9,14,16,20-21H,1,6H2,2H3/t9?,14-,16-/m0/s1. The third-order valence-corrected chi connectivity index (χ3v) is 5.36. The summed E-state index contributed by atoms with van der Waals surface area (Å²) in [5.41, 5.74) is 0.210. The van der Waals surface area contributed by atoms with Gasteiger partial charge in [-0.1, -0.05) is 12.7 Å². The highest BCUT2D eigenvalue weighted by atomic mass is 32.2. The molecule has 3 atom stereocenters. The van der Waals surface area contributed by atoms with Gasteiger partial charge in [0, 0.05) is 5.41 Å². The molecule has 1 unspecified atom stereocenters. The molecule has 27 heavy (non-hydrogen) atoms. The molecule has 2 heterocycles. The van der Waals surface area contributed by atoms with Gasteiger partial charge in [-0.3, -0.25) is 9.69 Å². The Kier molecular flexibility index (Phi) is 5.13. The minimum absolute atomic E-state index is 0.0461. The van der Waals surface area contributed by atoms with Crippen molar-refractivity contribution in [3.05, 3.63) is 47.5 Å². The molecule has 3 rings (SSSR count). The Hall–Kier alpha value is -2.94. The van der Waals surface area contributed by atoms with Gasteiger partial charge in [-0.25, -0.2) is 9.59 Å². The average molecular weight is 391 g/mol. The van der Waals surface area contributed by atoms with Crippen molar-refractivity contribution in [3.8, 4) is 11.5 Å². The van der Waals surface area contributed by atoms with Crippen molar-refractivity contribution in [1.82, 2.24) is 4.90 Å². The Morgan fingerprint density at radius 2 is 2.07 bits per heavy atom. The zero-order valence-electron chi connectivity index (χ0n) is 14.3. The Bertz CT molecular complexity index is 850. The first-order valence-corrected chi connectivity index (χ1v) is 8.99. The number of phenolic OH excluding ortho intramolecular Hbond substituents is 2. The van der Waals surface area contributed by atoms with Crippen LogP contribution in [0.3, 0.4) is 0 Å². The van der Waals surface area contributed by atoms with E-state index in [-0.39, 0.29) is 34.9 Å². The van der Waals surface area contributed by atoms with Crippen molar-refractivity contribution in [1.29, 1.82) is 0 Å². The number of benzene rings is 1.